The average Bonchev–Trinajstić information content (AvgIpc) is 2.74. The molecule has 1 heterocycles. The number of rotatable bonds is 11. The lowest BCUT2D eigenvalue weighted by Crippen LogP contribution is -2.40. The number of carbonyl (C=O) groups is 1. The predicted molar refractivity (Wildman–Crippen MR) is 121 cm³/mol. The minimum Gasteiger partial charge on any atom is -0.335 e. The molecule has 1 aromatic heterocycles. The highest BCUT2D eigenvalue weighted by Gasteiger charge is 2.23. The number of halogens is 1. The van der Waals surface area contributed by atoms with Gasteiger partial charge in [0.2, 0.25) is 15.9 Å². The van der Waals surface area contributed by atoms with Crippen molar-refractivity contribution in [2.24, 2.45) is 0 Å². The van der Waals surface area contributed by atoms with Crippen LogP contribution in [-0.4, -0.2) is 73.3 Å². The number of benzene rings is 1. The molecule has 2 aromatic rings. The second-order valence-corrected chi connectivity index (χ2v) is 9.57. The highest BCUT2D eigenvalue weighted by atomic mass is 32.2. The van der Waals surface area contributed by atoms with Gasteiger partial charge in [-0.15, -0.1) is 0 Å². The average molecular weight is 467 g/mol. The van der Waals surface area contributed by atoms with Crippen molar-refractivity contribution in [1.29, 1.82) is 0 Å². The van der Waals surface area contributed by atoms with Crippen LogP contribution in [0.25, 0.3) is 0 Å². The molecule has 0 aliphatic carbocycles. The molecule has 1 amide bonds. The summed E-state index contributed by atoms with van der Waals surface area (Å²) in [7, 11) is -0.0618. The van der Waals surface area contributed by atoms with Gasteiger partial charge in [-0.3, -0.25) is 9.59 Å². The second-order valence-electron chi connectivity index (χ2n) is 7.63. The Labute approximate surface area is 188 Å². The first-order chi connectivity index (χ1) is 15.1. The number of nitrogens with zero attached hydrogens (tertiary/aromatic N) is 4. The Kier molecular flexibility index (Phi) is 9.11. The quantitative estimate of drug-likeness (QED) is 0.503. The molecule has 0 radical (unpaired) electrons. The molecule has 0 saturated carbocycles. The molecule has 0 unspecified atom stereocenters. The fourth-order valence-electron chi connectivity index (χ4n) is 3.19. The van der Waals surface area contributed by atoms with Crippen LogP contribution in [-0.2, 0) is 27.9 Å². The van der Waals surface area contributed by atoms with Gasteiger partial charge < -0.3 is 14.4 Å². The number of sulfonamides is 1. The molecule has 0 spiro atoms. The lowest BCUT2D eigenvalue weighted by Gasteiger charge is -2.25. The molecule has 0 fully saturated rings. The zero-order chi connectivity index (χ0) is 23.9. The Morgan fingerprint density at radius 1 is 1.03 bits per heavy atom. The summed E-state index contributed by atoms with van der Waals surface area (Å²) >= 11 is 0. The predicted octanol–water partition coefficient (Wildman–Crippen LogP) is 1.61. The molecular weight excluding hydrogens is 435 g/mol. The van der Waals surface area contributed by atoms with Gasteiger partial charge in [0.1, 0.15) is 12.4 Å². The van der Waals surface area contributed by atoms with Gasteiger partial charge in [-0.25, -0.2) is 12.8 Å². The highest BCUT2D eigenvalue weighted by Crippen LogP contribution is 2.14. The molecular formula is C22H31FN4O4S. The van der Waals surface area contributed by atoms with E-state index in [1.54, 1.807) is 32.0 Å². The van der Waals surface area contributed by atoms with Gasteiger partial charge in [0.05, 0.1) is 4.90 Å². The van der Waals surface area contributed by atoms with Crippen LogP contribution in [0.2, 0.25) is 0 Å². The van der Waals surface area contributed by atoms with E-state index >= 15 is 0 Å². The maximum atomic E-state index is 14.2. The smallest absolute Gasteiger partial charge is 0.251 e. The van der Waals surface area contributed by atoms with Gasteiger partial charge >= 0.3 is 0 Å². The van der Waals surface area contributed by atoms with Crippen LogP contribution in [0.1, 0.15) is 19.4 Å². The molecule has 0 N–H and O–H groups in total. The van der Waals surface area contributed by atoms with Crippen LogP contribution < -0.4 is 5.56 Å². The molecule has 0 aliphatic heterocycles. The van der Waals surface area contributed by atoms with E-state index < -0.39 is 27.3 Å². The molecule has 10 heteroatoms. The minimum absolute atomic E-state index is 0.0472. The summed E-state index contributed by atoms with van der Waals surface area (Å²) in [6.07, 6.45) is 1.20. The monoisotopic (exact) mass is 466 g/mol. The van der Waals surface area contributed by atoms with E-state index in [9.17, 15) is 22.4 Å². The van der Waals surface area contributed by atoms with Crippen molar-refractivity contribution in [3.8, 4) is 0 Å². The summed E-state index contributed by atoms with van der Waals surface area (Å²) in [5.41, 5.74) is -0.125. The Hall–Kier alpha value is -2.56. The first-order valence-electron chi connectivity index (χ1n) is 10.5. The Morgan fingerprint density at radius 2 is 1.69 bits per heavy atom. The van der Waals surface area contributed by atoms with Crippen LogP contribution in [0, 0.1) is 5.82 Å². The fraction of sp³-hybridized carbons (Fsp3) is 0.455. The molecule has 8 nitrogen and oxygen atoms in total. The molecule has 1 aromatic carbocycles. The lowest BCUT2D eigenvalue weighted by atomic mass is 10.2. The summed E-state index contributed by atoms with van der Waals surface area (Å²) in [4.78, 5) is 28.7. The van der Waals surface area contributed by atoms with E-state index in [2.05, 4.69) is 0 Å². The third-order valence-electron chi connectivity index (χ3n) is 5.09. The van der Waals surface area contributed by atoms with Gasteiger partial charge in [-0.05, 0) is 26.2 Å². The molecule has 2 rings (SSSR count). The highest BCUT2D eigenvalue weighted by molar-refractivity contribution is 7.89. The van der Waals surface area contributed by atoms with E-state index in [1.807, 2.05) is 19.0 Å². The first-order valence-corrected chi connectivity index (χ1v) is 11.9. The van der Waals surface area contributed by atoms with Gasteiger partial charge in [0, 0.05) is 50.6 Å². The molecule has 176 valence electrons. The van der Waals surface area contributed by atoms with Gasteiger partial charge in [0.25, 0.3) is 5.56 Å². The molecule has 0 aliphatic rings. The maximum Gasteiger partial charge on any atom is 0.251 e. The zero-order valence-corrected chi connectivity index (χ0v) is 19.8. The first kappa shape index (κ1) is 25.7. The molecule has 0 bridgehead atoms. The normalized spacial score (nSPS) is 11.8. The number of carbonyl (C=O) groups excluding carboxylic acids is 1. The summed E-state index contributed by atoms with van der Waals surface area (Å²) in [6.45, 7) is 4.61. The van der Waals surface area contributed by atoms with E-state index in [4.69, 9.17) is 0 Å². The van der Waals surface area contributed by atoms with Crippen molar-refractivity contribution in [3.05, 3.63) is 64.3 Å². The summed E-state index contributed by atoms with van der Waals surface area (Å²) in [5.74, 6) is -0.825. The van der Waals surface area contributed by atoms with Crippen LogP contribution in [0.4, 0.5) is 4.39 Å². The second kappa shape index (κ2) is 11.3. The largest absolute Gasteiger partial charge is 0.335 e. The maximum absolute atomic E-state index is 14.2. The van der Waals surface area contributed by atoms with Crippen molar-refractivity contribution in [2.45, 2.75) is 31.8 Å². The van der Waals surface area contributed by atoms with E-state index in [0.717, 1.165) is 10.6 Å². The van der Waals surface area contributed by atoms with Crippen molar-refractivity contribution < 1.29 is 17.6 Å². The van der Waals surface area contributed by atoms with Crippen molar-refractivity contribution in [2.75, 3.05) is 40.3 Å². The fourth-order valence-corrected chi connectivity index (χ4v) is 4.67. The Morgan fingerprint density at radius 3 is 2.28 bits per heavy atom. The van der Waals surface area contributed by atoms with Gasteiger partial charge in [-0.2, -0.15) is 4.31 Å². The van der Waals surface area contributed by atoms with E-state index in [0.29, 0.717) is 18.7 Å². The third-order valence-corrected chi connectivity index (χ3v) is 7.13. The summed E-state index contributed by atoms with van der Waals surface area (Å²) < 4.78 is 42.1. The van der Waals surface area contributed by atoms with Crippen LogP contribution >= 0.6 is 0 Å². The lowest BCUT2D eigenvalue weighted by molar-refractivity contribution is -0.132. The van der Waals surface area contributed by atoms with E-state index in [1.165, 1.54) is 27.5 Å². The van der Waals surface area contributed by atoms with Gasteiger partial charge in [-0.1, -0.05) is 32.0 Å². The molecule has 32 heavy (non-hydrogen) atoms. The number of aromatic nitrogens is 1. The van der Waals surface area contributed by atoms with Crippen LogP contribution in [0.15, 0.2) is 52.3 Å². The SMILES string of the molecule is CCN(CC)S(=O)(=O)c1ccc(=O)n(CC(=O)N(CCN(C)C)Cc2ccccc2F)c1. The zero-order valence-electron chi connectivity index (χ0n) is 19.0. The Bertz CT molecular complexity index is 1080. The van der Waals surface area contributed by atoms with Gasteiger partial charge in [0.15, 0.2) is 0 Å². The number of hydrogen-bond donors (Lipinski definition) is 0. The number of hydrogen-bond acceptors (Lipinski definition) is 5. The molecule has 0 saturated heterocycles. The van der Waals surface area contributed by atoms with E-state index in [-0.39, 0.29) is 31.1 Å². The number of likely N-dealkylation sites (N-methyl/N-ethyl adjacent to an activating group) is 1. The Balaban J connectivity index is 2.32. The standard InChI is InChI=1S/C22H31FN4O4S/c1-5-27(6-2)32(30,31)19-11-12-21(28)26(16-19)17-22(29)25(14-13-24(3)4)15-18-9-7-8-10-20(18)23/h7-12,16H,5-6,13-15,17H2,1-4H3. The van der Waals surface area contributed by atoms with Crippen molar-refractivity contribution in [1.82, 2.24) is 18.7 Å². The van der Waals surface area contributed by atoms with Crippen molar-refractivity contribution in [3.63, 3.8) is 0 Å². The number of amides is 1. The minimum atomic E-state index is -3.78. The third kappa shape index (κ3) is 6.47. The molecule has 0 atom stereocenters. The van der Waals surface area contributed by atoms with Crippen LogP contribution in [0.5, 0.6) is 0 Å². The number of pyridine rings is 1. The van der Waals surface area contributed by atoms with Crippen LogP contribution in [0.3, 0.4) is 0 Å². The van der Waals surface area contributed by atoms with Crippen molar-refractivity contribution >= 4 is 15.9 Å². The topological polar surface area (TPSA) is 82.9 Å². The summed E-state index contributed by atoms with van der Waals surface area (Å²) in [6, 6.07) is 8.60. The summed E-state index contributed by atoms with van der Waals surface area (Å²) in [5, 5.41) is 0.